The molecule has 1 heterocycles. The number of aliphatic hydroxyl groups is 1. The second kappa shape index (κ2) is 5.73. The summed E-state index contributed by atoms with van der Waals surface area (Å²) in [6, 6.07) is 11.7. The SMILES string of the molecule is CC(C)C(O)c1ccn(Cc2cccc(C#N)c2)c1. The molecule has 0 saturated heterocycles. The summed E-state index contributed by atoms with van der Waals surface area (Å²) >= 11 is 0. The predicted molar refractivity (Wildman–Crippen MR) is 74.5 cm³/mol. The zero-order chi connectivity index (χ0) is 13.8. The van der Waals surface area contributed by atoms with Crippen molar-refractivity contribution in [2.24, 2.45) is 5.92 Å². The van der Waals surface area contributed by atoms with Crippen LogP contribution in [0.5, 0.6) is 0 Å². The van der Waals surface area contributed by atoms with Crippen LogP contribution in [0.3, 0.4) is 0 Å². The molecule has 0 aliphatic carbocycles. The molecule has 0 amide bonds. The summed E-state index contributed by atoms with van der Waals surface area (Å²) < 4.78 is 2.03. The van der Waals surface area contributed by atoms with Crippen LogP contribution in [0.4, 0.5) is 0 Å². The normalized spacial score (nSPS) is 12.4. The Bertz CT molecular complexity index is 593. The molecule has 19 heavy (non-hydrogen) atoms. The fraction of sp³-hybridized carbons (Fsp3) is 0.312. The second-order valence-electron chi connectivity index (χ2n) is 5.12. The van der Waals surface area contributed by atoms with Gasteiger partial charge in [-0.05, 0) is 35.2 Å². The molecule has 0 saturated carbocycles. The maximum absolute atomic E-state index is 10.0. The van der Waals surface area contributed by atoms with E-state index in [1.54, 1.807) is 6.07 Å². The Kier molecular flexibility index (Phi) is 4.03. The average Bonchev–Trinajstić information content (AvgIpc) is 2.86. The number of rotatable bonds is 4. The first-order valence-corrected chi connectivity index (χ1v) is 6.43. The molecular weight excluding hydrogens is 236 g/mol. The first-order chi connectivity index (χ1) is 9.10. The van der Waals surface area contributed by atoms with Gasteiger partial charge in [0.2, 0.25) is 0 Å². The zero-order valence-corrected chi connectivity index (χ0v) is 11.2. The summed E-state index contributed by atoms with van der Waals surface area (Å²) in [5, 5.41) is 18.9. The van der Waals surface area contributed by atoms with E-state index < -0.39 is 6.10 Å². The Morgan fingerprint density at radius 1 is 1.32 bits per heavy atom. The van der Waals surface area contributed by atoms with Gasteiger partial charge in [-0.25, -0.2) is 0 Å². The lowest BCUT2D eigenvalue weighted by Crippen LogP contribution is -2.04. The fourth-order valence-corrected chi connectivity index (χ4v) is 2.07. The van der Waals surface area contributed by atoms with Crippen LogP contribution in [-0.2, 0) is 6.54 Å². The highest BCUT2D eigenvalue weighted by atomic mass is 16.3. The molecule has 0 fully saturated rings. The van der Waals surface area contributed by atoms with Crippen LogP contribution >= 0.6 is 0 Å². The van der Waals surface area contributed by atoms with Gasteiger partial charge in [0.1, 0.15) is 0 Å². The standard InChI is InChI=1S/C16H18N2O/c1-12(2)16(19)15-6-7-18(11-15)10-14-5-3-4-13(8-14)9-17/h3-8,11-12,16,19H,10H2,1-2H3. The van der Waals surface area contributed by atoms with E-state index in [1.165, 1.54) is 0 Å². The number of hydrogen-bond donors (Lipinski definition) is 1. The van der Waals surface area contributed by atoms with Crippen molar-refractivity contribution in [3.8, 4) is 6.07 Å². The van der Waals surface area contributed by atoms with E-state index in [0.717, 1.165) is 11.1 Å². The largest absolute Gasteiger partial charge is 0.388 e. The number of nitrogens with zero attached hydrogens (tertiary/aromatic N) is 2. The van der Waals surface area contributed by atoms with E-state index in [1.807, 2.05) is 55.1 Å². The molecule has 1 aromatic carbocycles. The van der Waals surface area contributed by atoms with Gasteiger partial charge in [0, 0.05) is 18.9 Å². The summed E-state index contributed by atoms with van der Waals surface area (Å²) in [6.45, 7) is 4.71. The van der Waals surface area contributed by atoms with Crippen molar-refractivity contribution in [2.45, 2.75) is 26.5 Å². The topological polar surface area (TPSA) is 49.0 Å². The minimum absolute atomic E-state index is 0.206. The summed E-state index contributed by atoms with van der Waals surface area (Å²) in [6.07, 6.45) is 3.50. The Labute approximate surface area is 113 Å². The van der Waals surface area contributed by atoms with Crippen molar-refractivity contribution in [2.75, 3.05) is 0 Å². The van der Waals surface area contributed by atoms with Gasteiger partial charge in [-0.3, -0.25) is 0 Å². The predicted octanol–water partition coefficient (Wildman–Crippen LogP) is 3.10. The van der Waals surface area contributed by atoms with E-state index in [4.69, 9.17) is 5.26 Å². The molecular formula is C16H18N2O. The minimum atomic E-state index is -0.424. The fourth-order valence-electron chi connectivity index (χ4n) is 2.07. The lowest BCUT2D eigenvalue weighted by atomic mass is 10.0. The molecule has 0 spiro atoms. The van der Waals surface area contributed by atoms with E-state index in [9.17, 15) is 5.11 Å². The van der Waals surface area contributed by atoms with E-state index in [2.05, 4.69) is 6.07 Å². The quantitative estimate of drug-likeness (QED) is 0.911. The summed E-state index contributed by atoms with van der Waals surface area (Å²) in [5.74, 6) is 0.206. The van der Waals surface area contributed by atoms with Crippen LogP contribution in [0.2, 0.25) is 0 Å². The van der Waals surface area contributed by atoms with Gasteiger partial charge in [-0.1, -0.05) is 26.0 Å². The average molecular weight is 254 g/mol. The molecule has 0 aliphatic rings. The van der Waals surface area contributed by atoms with E-state index in [-0.39, 0.29) is 5.92 Å². The van der Waals surface area contributed by atoms with Crippen molar-refractivity contribution in [3.05, 3.63) is 59.4 Å². The van der Waals surface area contributed by atoms with Crippen molar-refractivity contribution < 1.29 is 5.11 Å². The van der Waals surface area contributed by atoms with Crippen LogP contribution in [-0.4, -0.2) is 9.67 Å². The molecule has 1 aromatic heterocycles. The molecule has 3 nitrogen and oxygen atoms in total. The monoisotopic (exact) mass is 254 g/mol. The lowest BCUT2D eigenvalue weighted by molar-refractivity contribution is 0.127. The maximum atomic E-state index is 10.0. The van der Waals surface area contributed by atoms with E-state index in [0.29, 0.717) is 12.1 Å². The molecule has 1 N–H and O–H groups in total. The zero-order valence-electron chi connectivity index (χ0n) is 11.2. The number of hydrogen-bond acceptors (Lipinski definition) is 2. The molecule has 0 radical (unpaired) electrons. The molecule has 0 aliphatic heterocycles. The molecule has 98 valence electrons. The van der Waals surface area contributed by atoms with Crippen molar-refractivity contribution in [1.82, 2.24) is 4.57 Å². The van der Waals surface area contributed by atoms with Gasteiger partial charge in [0.25, 0.3) is 0 Å². The number of benzene rings is 1. The highest BCUT2D eigenvalue weighted by Gasteiger charge is 2.12. The first kappa shape index (κ1) is 13.4. The Hall–Kier alpha value is -2.05. The van der Waals surface area contributed by atoms with Crippen molar-refractivity contribution in [1.29, 1.82) is 5.26 Å². The van der Waals surface area contributed by atoms with Gasteiger partial charge >= 0.3 is 0 Å². The van der Waals surface area contributed by atoms with Gasteiger partial charge in [0.05, 0.1) is 17.7 Å². The van der Waals surface area contributed by atoms with Gasteiger partial charge in [-0.2, -0.15) is 5.26 Å². The third-order valence-corrected chi connectivity index (χ3v) is 3.17. The third-order valence-electron chi connectivity index (χ3n) is 3.17. The highest BCUT2D eigenvalue weighted by Crippen LogP contribution is 2.21. The number of aliphatic hydroxyl groups excluding tert-OH is 1. The van der Waals surface area contributed by atoms with Gasteiger partial charge in [-0.15, -0.1) is 0 Å². The van der Waals surface area contributed by atoms with E-state index >= 15 is 0 Å². The van der Waals surface area contributed by atoms with Gasteiger partial charge < -0.3 is 9.67 Å². The van der Waals surface area contributed by atoms with Crippen molar-refractivity contribution >= 4 is 0 Å². The molecule has 1 atom stereocenters. The Balaban J connectivity index is 2.14. The van der Waals surface area contributed by atoms with Crippen molar-refractivity contribution in [3.63, 3.8) is 0 Å². The smallest absolute Gasteiger partial charge is 0.0991 e. The third kappa shape index (κ3) is 3.24. The van der Waals surface area contributed by atoms with Crippen LogP contribution in [0.15, 0.2) is 42.7 Å². The Morgan fingerprint density at radius 2 is 2.11 bits per heavy atom. The summed E-state index contributed by atoms with van der Waals surface area (Å²) in [4.78, 5) is 0. The minimum Gasteiger partial charge on any atom is -0.388 e. The summed E-state index contributed by atoms with van der Waals surface area (Å²) in [7, 11) is 0. The molecule has 2 rings (SSSR count). The van der Waals surface area contributed by atoms with Gasteiger partial charge in [0.15, 0.2) is 0 Å². The van der Waals surface area contributed by atoms with Crippen LogP contribution < -0.4 is 0 Å². The highest BCUT2D eigenvalue weighted by molar-refractivity contribution is 5.33. The Morgan fingerprint density at radius 3 is 2.79 bits per heavy atom. The summed E-state index contributed by atoms with van der Waals surface area (Å²) in [5.41, 5.74) is 2.69. The molecule has 3 heteroatoms. The maximum Gasteiger partial charge on any atom is 0.0991 e. The van der Waals surface area contributed by atoms with Crippen LogP contribution in [0.1, 0.15) is 36.6 Å². The molecule has 1 unspecified atom stereocenters. The molecule has 2 aromatic rings. The molecule has 0 bridgehead atoms. The first-order valence-electron chi connectivity index (χ1n) is 6.43. The van der Waals surface area contributed by atoms with Crippen LogP contribution in [0, 0.1) is 17.2 Å². The number of aromatic nitrogens is 1. The number of nitriles is 1. The lowest BCUT2D eigenvalue weighted by Gasteiger charge is -2.12. The van der Waals surface area contributed by atoms with Crippen LogP contribution in [0.25, 0.3) is 0 Å². The second-order valence-corrected chi connectivity index (χ2v) is 5.12.